The second-order valence-electron chi connectivity index (χ2n) is 3.76. The first-order valence-corrected chi connectivity index (χ1v) is 5.11. The number of alkyl halides is 3. The van der Waals surface area contributed by atoms with Gasteiger partial charge < -0.3 is 5.32 Å². The monoisotopic (exact) mass is 229 g/mol. The minimum atomic E-state index is -4.26. The van der Waals surface area contributed by atoms with E-state index < -0.39 is 11.7 Å². The van der Waals surface area contributed by atoms with Gasteiger partial charge in [-0.05, 0) is 17.7 Å². The Morgan fingerprint density at radius 1 is 1.19 bits per heavy atom. The third-order valence-corrected chi connectivity index (χ3v) is 2.61. The fourth-order valence-electron chi connectivity index (χ4n) is 1.73. The highest BCUT2D eigenvalue weighted by Crippen LogP contribution is 2.29. The average molecular weight is 229 g/mol. The summed E-state index contributed by atoms with van der Waals surface area (Å²) in [4.78, 5) is 0. The van der Waals surface area contributed by atoms with Gasteiger partial charge in [0, 0.05) is 25.7 Å². The molecule has 1 aliphatic heterocycles. The summed E-state index contributed by atoms with van der Waals surface area (Å²) < 4.78 is 37.0. The molecule has 1 aromatic rings. The van der Waals surface area contributed by atoms with E-state index in [2.05, 4.69) is 10.6 Å². The summed E-state index contributed by atoms with van der Waals surface area (Å²) in [5.74, 6) is 0. The number of hydrogen-bond acceptors (Lipinski definition) is 1. The Hall–Kier alpha value is -1.07. The normalized spacial score (nSPS) is 22.1. The lowest BCUT2D eigenvalue weighted by atomic mass is 10.0. The van der Waals surface area contributed by atoms with Gasteiger partial charge in [0.05, 0.1) is 5.56 Å². The number of nitrogens with one attached hydrogen (secondary N) is 1. The van der Waals surface area contributed by atoms with E-state index in [1.54, 1.807) is 0 Å². The molecule has 1 heterocycles. The van der Waals surface area contributed by atoms with Gasteiger partial charge in [-0.15, -0.1) is 0 Å². The van der Waals surface area contributed by atoms with E-state index in [1.807, 2.05) is 0 Å². The number of nitrogens with zero attached hydrogens (tertiary/aromatic N) is 1. The van der Waals surface area contributed by atoms with Crippen molar-refractivity contribution in [3.63, 3.8) is 0 Å². The lowest BCUT2D eigenvalue weighted by Gasteiger charge is -2.23. The first-order chi connectivity index (χ1) is 7.57. The summed E-state index contributed by atoms with van der Waals surface area (Å²) in [6.07, 6.45) is -4.26. The van der Waals surface area contributed by atoms with Gasteiger partial charge in [-0.3, -0.25) is 0 Å². The zero-order valence-corrected chi connectivity index (χ0v) is 8.59. The third-order valence-electron chi connectivity index (χ3n) is 2.61. The smallest absolute Gasteiger partial charge is 0.307 e. The SMILES string of the molecule is FC(F)(F)c1ccc(C2C[N]CCN2)cc1. The minimum Gasteiger partial charge on any atom is -0.307 e. The van der Waals surface area contributed by atoms with Crippen LogP contribution in [0.5, 0.6) is 0 Å². The molecule has 1 aromatic carbocycles. The number of halogens is 3. The van der Waals surface area contributed by atoms with Crippen LogP contribution in [0.3, 0.4) is 0 Å². The topological polar surface area (TPSA) is 26.1 Å². The van der Waals surface area contributed by atoms with Crippen LogP contribution in [0.4, 0.5) is 13.2 Å². The van der Waals surface area contributed by atoms with Crippen molar-refractivity contribution in [2.75, 3.05) is 19.6 Å². The van der Waals surface area contributed by atoms with Gasteiger partial charge >= 0.3 is 6.18 Å². The van der Waals surface area contributed by atoms with Gasteiger partial charge in [-0.1, -0.05) is 12.1 Å². The highest BCUT2D eigenvalue weighted by molar-refractivity contribution is 5.27. The average Bonchev–Trinajstić information content (AvgIpc) is 2.29. The van der Waals surface area contributed by atoms with Gasteiger partial charge in [0.25, 0.3) is 0 Å². The molecule has 0 bridgehead atoms. The number of benzene rings is 1. The molecule has 0 amide bonds. The molecule has 16 heavy (non-hydrogen) atoms. The van der Waals surface area contributed by atoms with E-state index >= 15 is 0 Å². The van der Waals surface area contributed by atoms with Crippen molar-refractivity contribution in [2.24, 2.45) is 0 Å². The Kier molecular flexibility index (Phi) is 3.16. The summed E-state index contributed by atoms with van der Waals surface area (Å²) in [7, 11) is 0. The van der Waals surface area contributed by atoms with Gasteiger partial charge in [-0.25, -0.2) is 5.32 Å². The van der Waals surface area contributed by atoms with E-state index in [9.17, 15) is 13.2 Å². The Balaban J connectivity index is 2.12. The van der Waals surface area contributed by atoms with Crippen LogP contribution in [0.2, 0.25) is 0 Å². The molecule has 1 unspecified atom stereocenters. The molecule has 5 heteroatoms. The van der Waals surface area contributed by atoms with Crippen LogP contribution in [-0.4, -0.2) is 19.6 Å². The largest absolute Gasteiger partial charge is 0.416 e. The zero-order chi connectivity index (χ0) is 11.6. The van der Waals surface area contributed by atoms with E-state index in [1.165, 1.54) is 12.1 Å². The molecular formula is C11H12F3N2. The van der Waals surface area contributed by atoms with E-state index in [0.717, 1.165) is 30.8 Å². The van der Waals surface area contributed by atoms with Crippen LogP contribution in [-0.2, 0) is 6.18 Å². The summed E-state index contributed by atoms with van der Waals surface area (Å²) in [5.41, 5.74) is 0.250. The second kappa shape index (κ2) is 4.43. The maximum Gasteiger partial charge on any atom is 0.416 e. The predicted molar refractivity (Wildman–Crippen MR) is 54.1 cm³/mol. The second-order valence-corrected chi connectivity index (χ2v) is 3.76. The van der Waals surface area contributed by atoms with Gasteiger partial charge in [0.2, 0.25) is 0 Å². The van der Waals surface area contributed by atoms with Crippen molar-refractivity contribution in [3.05, 3.63) is 35.4 Å². The molecule has 2 rings (SSSR count). The van der Waals surface area contributed by atoms with Crippen LogP contribution in [0.25, 0.3) is 0 Å². The van der Waals surface area contributed by atoms with Crippen LogP contribution < -0.4 is 10.6 Å². The van der Waals surface area contributed by atoms with Crippen molar-refractivity contribution < 1.29 is 13.2 Å². The highest BCUT2D eigenvalue weighted by atomic mass is 19.4. The minimum absolute atomic E-state index is 0.0519. The van der Waals surface area contributed by atoms with Crippen molar-refractivity contribution in [1.29, 1.82) is 0 Å². The van der Waals surface area contributed by atoms with E-state index in [-0.39, 0.29) is 6.04 Å². The van der Waals surface area contributed by atoms with Crippen molar-refractivity contribution in [2.45, 2.75) is 12.2 Å². The lowest BCUT2D eigenvalue weighted by molar-refractivity contribution is -0.137. The molecule has 0 saturated carbocycles. The number of rotatable bonds is 1. The predicted octanol–water partition coefficient (Wildman–Crippen LogP) is 1.95. The number of hydrogen-bond donors (Lipinski definition) is 1. The molecular weight excluding hydrogens is 217 g/mol. The maximum absolute atomic E-state index is 12.3. The van der Waals surface area contributed by atoms with Crippen molar-refractivity contribution in [1.82, 2.24) is 10.6 Å². The lowest BCUT2D eigenvalue weighted by Crippen LogP contribution is -2.38. The summed E-state index contributed by atoms with van der Waals surface area (Å²) in [5, 5.41) is 7.44. The van der Waals surface area contributed by atoms with Crippen LogP contribution in [0.15, 0.2) is 24.3 Å². The Labute approximate surface area is 91.8 Å². The molecule has 0 aliphatic carbocycles. The molecule has 2 nitrogen and oxygen atoms in total. The Morgan fingerprint density at radius 2 is 1.88 bits per heavy atom. The molecule has 87 valence electrons. The zero-order valence-electron chi connectivity index (χ0n) is 8.59. The first kappa shape index (κ1) is 11.4. The van der Waals surface area contributed by atoms with Gasteiger partial charge in [0.15, 0.2) is 0 Å². The summed E-state index contributed by atoms with van der Waals surface area (Å²) in [6.45, 7) is 2.19. The van der Waals surface area contributed by atoms with Crippen LogP contribution in [0, 0.1) is 0 Å². The molecule has 1 fully saturated rings. The molecule has 0 aromatic heterocycles. The molecule has 1 saturated heterocycles. The van der Waals surface area contributed by atoms with Crippen LogP contribution >= 0.6 is 0 Å². The van der Waals surface area contributed by atoms with Crippen molar-refractivity contribution >= 4 is 0 Å². The fraction of sp³-hybridized carbons (Fsp3) is 0.455. The van der Waals surface area contributed by atoms with Gasteiger partial charge in [0.1, 0.15) is 0 Å². The third kappa shape index (κ3) is 2.54. The number of piperazine rings is 1. The van der Waals surface area contributed by atoms with Crippen LogP contribution in [0.1, 0.15) is 17.2 Å². The Bertz CT molecular complexity index is 339. The van der Waals surface area contributed by atoms with E-state index in [0.29, 0.717) is 6.54 Å². The van der Waals surface area contributed by atoms with Crippen molar-refractivity contribution in [3.8, 4) is 0 Å². The Morgan fingerprint density at radius 3 is 2.38 bits per heavy atom. The highest BCUT2D eigenvalue weighted by Gasteiger charge is 2.30. The first-order valence-electron chi connectivity index (χ1n) is 5.11. The standard InChI is InChI=1S/C11H12F3N2/c12-11(13,14)9-3-1-8(2-4-9)10-7-15-5-6-16-10/h1-4,10,16H,5-7H2. The molecule has 0 spiro atoms. The molecule has 1 radical (unpaired) electrons. The molecule has 1 atom stereocenters. The maximum atomic E-state index is 12.3. The fourth-order valence-corrected chi connectivity index (χ4v) is 1.73. The van der Waals surface area contributed by atoms with Gasteiger partial charge in [-0.2, -0.15) is 13.2 Å². The summed E-state index contributed by atoms with van der Waals surface area (Å²) >= 11 is 0. The summed E-state index contributed by atoms with van der Waals surface area (Å²) in [6, 6.07) is 5.32. The molecule has 1 N–H and O–H groups in total. The quantitative estimate of drug-likeness (QED) is 0.782. The molecule has 1 aliphatic rings. The van der Waals surface area contributed by atoms with E-state index in [4.69, 9.17) is 0 Å².